The molecule has 0 unspecified atom stereocenters. The summed E-state index contributed by atoms with van der Waals surface area (Å²) in [4.78, 5) is 14.4. The molecule has 1 amide bonds. The van der Waals surface area contributed by atoms with Crippen LogP contribution >= 0.6 is 15.9 Å². The van der Waals surface area contributed by atoms with Gasteiger partial charge < -0.3 is 10.2 Å². The second-order valence-electron chi connectivity index (χ2n) is 4.97. The third kappa shape index (κ3) is 3.21. The van der Waals surface area contributed by atoms with E-state index in [1.807, 2.05) is 6.92 Å². The van der Waals surface area contributed by atoms with Crippen molar-refractivity contribution >= 4 is 31.7 Å². The Morgan fingerprint density at radius 2 is 2.15 bits per heavy atom. The summed E-state index contributed by atoms with van der Waals surface area (Å²) in [5, 5.41) is 3.22. The van der Waals surface area contributed by atoms with Gasteiger partial charge in [0.1, 0.15) is 0 Å². The van der Waals surface area contributed by atoms with Crippen molar-refractivity contribution in [2.75, 3.05) is 25.9 Å². The number of halogens is 1. The number of nitrogens with one attached hydrogen (secondary N) is 1. The number of hydrogen-bond donors (Lipinski definition) is 1. The van der Waals surface area contributed by atoms with Crippen LogP contribution in [0.1, 0.15) is 17.3 Å². The Morgan fingerprint density at radius 1 is 1.45 bits per heavy atom. The lowest BCUT2D eigenvalue weighted by Crippen LogP contribution is -2.52. The molecule has 0 saturated carbocycles. The summed E-state index contributed by atoms with van der Waals surface area (Å²) in [7, 11) is -3.36. The zero-order valence-corrected chi connectivity index (χ0v) is 13.8. The molecule has 0 aromatic heterocycles. The van der Waals surface area contributed by atoms with Gasteiger partial charge in [0.2, 0.25) is 0 Å². The molecule has 5 nitrogen and oxygen atoms in total. The molecule has 2 rings (SSSR count). The quantitative estimate of drug-likeness (QED) is 0.862. The molecule has 1 atom stereocenters. The fraction of sp³-hybridized carbons (Fsp3) is 0.462. The number of carbonyl (C=O) groups is 1. The van der Waals surface area contributed by atoms with Crippen LogP contribution in [-0.2, 0) is 9.84 Å². The monoisotopic (exact) mass is 360 g/mol. The van der Waals surface area contributed by atoms with Crippen molar-refractivity contribution in [1.82, 2.24) is 10.2 Å². The Bertz CT molecular complexity index is 631. The van der Waals surface area contributed by atoms with Crippen LogP contribution in [0.25, 0.3) is 0 Å². The first-order valence-corrected chi connectivity index (χ1v) is 9.00. The van der Waals surface area contributed by atoms with Crippen LogP contribution in [0, 0.1) is 0 Å². The van der Waals surface area contributed by atoms with Crippen molar-refractivity contribution < 1.29 is 13.2 Å². The maximum atomic E-state index is 12.5. The third-order valence-electron chi connectivity index (χ3n) is 3.34. The van der Waals surface area contributed by atoms with E-state index >= 15 is 0 Å². The number of benzene rings is 1. The summed E-state index contributed by atoms with van der Waals surface area (Å²) in [5.41, 5.74) is 0.405. The van der Waals surface area contributed by atoms with Gasteiger partial charge >= 0.3 is 0 Å². The Labute approximate surface area is 127 Å². The number of rotatable bonds is 2. The molecular weight excluding hydrogens is 344 g/mol. The van der Waals surface area contributed by atoms with Crippen LogP contribution in [0.4, 0.5) is 0 Å². The lowest BCUT2D eigenvalue weighted by molar-refractivity contribution is 0.0655. The van der Waals surface area contributed by atoms with E-state index in [1.165, 1.54) is 6.07 Å². The van der Waals surface area contributed by atoms with Crippen LogP contribution < -0.4 is 5.32 Å². The summed E-state index contributed by atoms with van der Waals surface area (Å²) in [6, 6.07) is 4.80. The Kier molecular flexibility index (Phi) is 4.51. The topological polar surface area (TPSA) is 66.5 Å². The van der Waals surface area contributed by atoms with Crippen molar-refractivity contribution in [2.24, 2.45) is 0 Å². The highest BCUT2D eigenvalue weighted by atomic mass is 79.9. The summed E-state index contributed by atoms with van der Waals surface area (Å²) in [5.74, 6) is -0.128. The predicted molar refractivity (Wildman–Crippen MR) is 80.6 cm³/mol. The lowest BCUT2D eigenvalue weighted by atomic mass is 10.1. The van der Waals surface area contributed by atoms with Gasteiger partial charge in [-0.15, -0.1) is 0 Å². The minimum absolute atomic E-state index is 0.0987. The molecule has 1 fully saturated rings. The van der Waals surface area contributed by atoms with E-state index < -0.39 is 9.84 Å². The van der Waals surface area contributed by atoms with Gasteiger partial charge in [0, 0.05) is 42.0 Å². The lowest BCUT2D eigenvalue weighted by Gasteiger charge is -2.34. The smallest absolute Gasteiger partial charge is 0.254 e. The molecule has 1 aliphatic heterocycles. The van der Waals surface area contributed by atoms with Gasteiger partial charge in [-0.05, 0) is 41.1 Å². The first-order valence-electron chi connectivity index (χ1n) is 6.32. The fourth-order valence-electron chi connectivity index (χ4n) is 2.23. The van der Waals surface area contributed by atoms with Crippen molar-refractivity contribution in [3.63, 3.8) is 0 Å². The average Bonchev–Trinajstić information content (AvgIpc) is 2.37. The molecule has 1 aliphatic rings. The Morgan fingerprint density at radius 3 is 2.75 bits per heavy atom. The van der Waals surface area contributed by atoms with Crippen LogP contribution in [0.5, 0.6) is 0 Å². The Hall–Kier alpha value is -0.920. The molecule has 1 saturated heterocycles. The zero-order valence-electron chi connectivity index (χ0n) is 11.4. The minimum Gasteiger partial charge on any atom is -0.333 e. The van der Waals surface area contributed by atoms with Gasteiger partial charge in [-0.2, -0.15) is 0 Å². The zero-order chi connectivity index (χ0) is 14.9. The molecule has 20 heavy (non-hydrogen) atoms. The maximum Gasteiger partial charge on any atom is 0.254 e. The summed E-state index contributed by atoms with van der Waals surface area (Å²) >= 11 is 3.21. The van der Waals surface area contributed by atoms with Gasteiger partial charge in [-0.3, -0.25) is 4.79 Å². The molecular formula is C13H17BrN2O3S. The summed E-state index contributed by atoms with van der Waals surface area (Å²) in [6.07, 6.45) is 1.13. The molecule has 110 valence electrons. The second-order valence-corrected chi connectivity index (χ2v) is 7.81. The molecule has 0 spiro atoms. The third-order valence-corrected chi connectivity index (χ3v) is 5.43. The molecule has 1 N–H and O–H groups in total. The predicted octanol–water partition coefficient (Wildman–Crippen LogP) is 1.29. The summed E-state index contributed by atoms with van der Waals surface area (Å²) < 4.78 is 23.9. The highest BCUT2D eigenvalue weighted by Gasteiger charge is 2.25. The van der Waals surface area contributed by atoms with Crippen LogP contribution in [0.3, 0.4) is 0 Å². The van der Waals surface area contributed by atoms with Crippen molar-refractivity contribution in [1.29, 1.82) is 0 Å². The van der Waals surface area contributed by atoms with Crippen molar-refractivity contribution in [3.8, 4) is 0 Å². The van der Waals surface area contributed by atoms with Gasteiger partial charge in [-0.25, -0.2) is 8.42 Å². The van der Waals surface area contributed by atoms with Gasteiger partial charge in [0.05, 0.1) is 4.90 Å². The molecule has 7 heteroatoms. The van der Waals surface area contributed by atoms with E-state index in [1.54, 1.807) is 17.0 Å². The molecule has 1 aromatic rings. The normalized spacial score (nSPS) is 19.9. The van der Waals surface area contributed by atoms with E-state index in [-0.39, 0.29) is 16.8 Å². The van der Waals surface area contributed by atoms with Crippen molar-refractivity contribution in [2.45, 2.75) is 17.9 Å². The van der Waals surface area contributed by atoms with E-state index in [2.05, 4.69) is 21.2 Å². The van der Waals surface area contributed by atoms with E-state index in [0.29, 0.717) is 16.6 Å². The van der Waals surface area contributed by atoms with Crippen LogP contribution in [0.15, 0.2) is 27.6 Å². The standard InChI is InChI=1S/C13H17BrN2O3S/c1-9-8-15-5-6-16(9)13(17)10-3-4-11(14)12(7-10)20(2,18)19/h3-4,7,9,15H,5-6,8H2,1-2H3/t9-/m1/s1. The number of amides is 1. The number of nitrogens with zero attached hydrogens (tertiary/aromatic N) is 1. The SMILES string of the molecule is C[C@@H]1CNCCN1C(=O)c1ccc(Br)c(S(C)(=O)=O)c1. The maximum absolute atomic E-state index is 12.5. The highest BCUT2D eigenvalue weighted by molar-refractivity contribution is 9.10. The number of piperazine rings is 1. The van der Waals surface area contributed by atoms with E-state index in [0.717, 1.165) is 19.3 Å². The molecule has 0 radical (unpaired) electrons. The van der Waals surface area contributed by atoms with Gasteiger partial charge in [0.15, 0.2) is 9.84 Å². The highest BCUT2D eigenvalue weighted by Crippen LogP contribution is 2.24. The van der Waals surface area contributed by atoms with Crippen LogP contribution in [0.2, 0.25) is 0 Å². The van der Waals surface area contributed by atoms with Crippen molar-refractivity contribution in [3.05, 3.63) is 28.2 Å². The van der Waals surface area contributed by atoms with Gasteiger partial charge in [0.25, 0.3) is 5.91 Å². The first kappa shape index (κ1) is 15.5. The van der Waals surface area contributed by atoms with Crippen LogP contribution in [-0.4, -0.2) is 51.2 Å². The molecule has 0 bridgehead atoms. The first-order chi connectivity index (χ1) is 9.30. The number of carbonyl (C=O) groups excluding carboxylic acids is 1. The Balaban J connectivity index is 2.36. The largest absolute Gasteiger partial charge is 0.333 e. The average molecular weight is 361 g/mol. The van der Waals surface area contributed by atoms with Gasteiger partial charge in [-0.1, -0.05) is 0 Å². The second kappa shape index (κ2) is 5.83. The fourth-order valence-corrected chi connectivity index (χ4v) is 4.12. The number of hydrogen-bond acceptors (Lipinski definition) is 4. The molecule has 0 aliphatic carbocycles. The minimum atomic E-state index is -3.36. The van der Waals surface area contributed by atoms with E-state index in [9.17, 15) is 13.2 Å². The molecule has 1 aromatic carbocycles. The number of sulfone groups is 1. The molecule has 1 heterocycles. The van der Waals surface area contributed by atoms with E-state index in [4.69, 9.17) is 0 Å². The summed E-state index contributed by atoms with van der Waals surface area (Å²) in [6.45, 7) is 4.11.